The van der Waals surface area contributed by atoms with Crippen molar-refractivity contribution < 1.29 is 9.13 Å². The number of thiophene rings is 1. The molecule has 0 spiro atoms. The first-order chi connectivity index (χ1) is 16.7. The molecule has 0 radical (unpaired) electrons. The molecular weight excluding hydrogens is 451 g/mol. The number of morpholine rings is 1. The monoisotopic (exact) mass is 480 g/mol. The lowest BCUT2D eigenvalue weighted by Gasteiger charge is -2.45. The van der Waals surface area contributed by atoms with Crippen LogP contribution >= 0.6 is 11.3 Å². The van der Waals surface area contributed by atoms with Crippen molar-refractivity contribution >= 4 is 32.5 Å². The lowest BCUT2D eigenvalue weighted by atomic mass is 10.0. The average Bonchev–Trinajstić information content (AvgIpc) is 3.51. The Labute approximate surface area is 201 Å². The van der Waals surface area contributed by atoms with Crippen LogP contribution in [0.3, 0.4) is 0 Å². The minimum atomic E-state index is -0.237. The third-order valence-electron chi connectivity index (χ3n) is 7.21. The fourth-order valence-corrected chi connectivity index (χ4v) is 6.62. The Morgan fingerprint density at radius 2 is 2.09 bits per heavy atom. The van der Waals surface area contributed by atoms with Crippen molar-refractivity contribution in [2.24, 2.45) is 0 Å². The number of aromatic nitrogens is 3. The second-order valence-corrected chi connectivity index (χ2v) is 10.3. The van der Waals surface area contributed by atoms with Gasteiger partial charge in [0.25, 0.3) is 0 Å². The van der Waals surface area contributed by atoms with Crippen molar-refractivity contribution in [2.75, 3.05) is 39.8 Å². The number of aromatic amines is 1. The molecule has 4 aromatic rings. The van der Waals surface area contributed by atoms with Gasteiger partial charge in [-0.15, -0.1) is 11.3 Å². The number of nitrogens with one attached hydrogen (secondary N) is 2. The second kappa shape index (κ2) is 9.31. The Morgan fingerprint density at radius 3 is 2.91 bits per heavy atom. The van der Waals surface area contributed by atoms with Gasteiger partial charge < -0.3 is 15.0 Å². The van der Waals surface area contributed by atoms with E-state index in [2.05, 4.69) is 43.2 Å². The Kier molecular flexibility index (Phi) is 6.04. The number of piperidine rings is 1. The van der Waals surface area contributed by atoms with Gasteiger partial charge in [-0.2, -0.15) is 0 Å². The molecule has 2 unspecified atom stereocenters. The van der Waals surface area contributed by atoms with Gasteiger partial charge in [-0.25, -0.2) is 14.4 Å². The van der Waals surface area contributed by atoms with Gasteiger partial charge in [-0.05, 0) is 49.7 Å². The summed E-state index contributed by atoms with van der Waals surface area (Å²) in [4.78, 5) is 18.2. The van der Waals surface area contributed by atoms with Gasteiger partial charge in [-0.3, -0.25) is 9.80 Å². The summed E-state index contributed by atoms with van der Waals surface area (Å²) in [5, 5.41) is 4.46. The van der Waals surface area contributed by atoms with E-state index in [0.29, 0.717) is 19.2 Å². The van der Waals surface area contributed by atoms with Gasteiger partial charge in [0.2, 0.25) is 0 Å². The molecule has 0 aliphatic carbocycles. The van der Waals surface area contributed by atoms with Gasteiger partial charge in [0.1, 0.15) is 12.1 Å². The number of fused-ring (bicyclic) bond motifs is 2. The van der Waals surface area contributed by atoms with Crippen LogP contribution in [-0.2, 0) is 4.74 Å². The molecule has 5 heterocycles. The summed E-state index contributed by atoms with van der Waals surface area (Å²) in [6, 6.07) is 7.97. The fourth-order valence-electron chi connectivity index (χ4n) is 5.46. The number of halogens is 1. The summed E-state index contributed by atoms with van der Waals surface area (Å²) < 4.78 is 21.7. The third-order valence-corrected chi connectivity index (χ3v) is 8.31. The molecule has 2 atom stereocenters. The van der Waals surface area contributed by atoms with Crippen LogP contribution in [0.5, 0.6) is 0 Å². The highest BCUT2D eigenvalue weighted by atomic mass is 32.1. The fraction of sp³-hybridized carbons (Fsp3) is 0.440. The summed E-state index contributed by atoms with van der Waals surface area (Å²) in [5.74, 6) is -0.237. The minimum Gasteiger partial charge on any atom is -0.371 e. The highest BCUT2D eigenvalue weighted by molar-refractivity contribution is 7.19. The predicted octanol–water partition coefficient (Wildman–Crippen LogP) is 4.07. The Balaban J connectivity index is 1.34. The Hall–Kier alpha value is -2.43. The molecule has 2 aliphatic rings. The molecule has 3 aromatic heterocycles. The van der Waals surface area contributed by atoms with Gasteiger partial charge in [0.15, 0.2) is 0 Å². The molecule has 2 aliphatic heterocycles. The highest BCUT2D eigenvalue weighted by Crippen LogP contribution is 2.38. The number of hydrogen-bond donors (Lipinski definition) is 2. The van der Waals surface area contributed by atoms with Crippen LogP contribution in [0.4, 0.5) is 4.39 Å². The Morgan fingerprint density at radius 1 is 1.21 bits per heavy atom. The maximum Gasteiger partial charge on any atom is 0.125 e. The predicted molar refractivity (Wildman–Crippen MR) is 132 cm³/mol. The van der Waals surface area contributed by atoms with Crippen molar-refractivity contribution in [1.82, 2.24) is 30.1 Å². The first kappa shape index (κ1) is 22.1. The van der Waals surface area contributed by atoms with Crippen LogP contribution in [0.15, 0.2) is 43.0 Å². The minimum absolute atomic E-state index is 0.138. The molecule has 6 rings (SSSR count). The van der Waals surface area contributed by atoms with E-state index < -0.39 is 0 Å². The zero-order valence-electron chi connectivity index (χ0n) is 19.2. The van der Waals surface area contributed by atoms with E-state index in [1.807, 2.05) is 18.5 Å². The molecule has 178 valence electrons. The largest absolute Gasteiger partial charge is 0.371 e. The first-order valence-electron chi connectivity index (χ1n) is 11.9. The number of hydrogen-bond acceptors (Lipinski definition) is 7. The second-order valence-electron chi connectivity index (χ2n) is 9.18. The maximum atomic E-state index is 14.4. The molecule has 0 amide bonds. The van der Waals surface area contributed by atoms with E-state index in [0.717, 1.165) is 59.2 Å². The molecule has 2 N–H and O–H groups in total. The quantitative estimate of drug-likeness (QED) is 0.449. The van der Waals surface area contributed by atoms with Gasteiger partial charge in [0.05, 0.1) is 29.1 Å². The maximum absolute atomic E-state index is 14.4. The van der Waals surface area contributed by atoms with E-state index in [4.69, 9.17) is 4.74 Å². The number of ether oxygens (including phenoxy) is 1. The van der Waals surface area contributed by atoms with Crippen LogP contribution < -0.4 is 5.32 Å². The topological polar surface area (TPSA) is 69.3 Å². The molecule has 7 nitrogen and oxygen atoms in total. The van der Waals surface area contributed by atoms with E-state index >= 15 is 0 Å². The molecular formula is C25H29FN6OS. The SMILES string of the molecule is CNC1CCN(C(c2cc3ncncc3s2)N2CCOC(c3cc(F)cc4[nH]ccc34)C2)CC1. The van der Waals surface area contributed by atoms with Crippen LogP contribution in [-0.4, -0.2) is 70.6 Å². The number of nitrogens with zero attached hydrogens (tertiary/aromatic N) is 4. The highest BCUT2D eigenvalue weighted by Gasteiger charge is 2.35. The van der Waals surface area contributed by atoms with Crippen LogP contribution in [0.2, 0.25) is 0 Å². The molecule has 9 heteroatoms. The average molecular weight is 481 g/mol. The van der Waals surface area contributed by atoms with Gasteiger partial charge >= 0.3 is 0 Å². The molecule has 0 saturated carbocycles. The molecule has 2 saturated heterocycles. The molecule has 1 aromatic carbocycles. The van der Waals surface area contributed by atoms with Crippen LogP contribution in [0.25, 0.3) is 21.1 Å². The van der Waals surface area contributed by atoms with Gasteiger partial charge in [-0.1, -0.05) is 0 Å². The number of benzene rings is 1. The number of rotatable bonds is 5. The lowest BCUT2D eigenvalue weighted by Crippen LogP contribution is -2.51. The van der Waals surface area contributed by atoms with Crippen LogP contribution in [0.1, 0.15) is 35.6 Å². The van der Waals surface area contributed by atoms with Crippen molar-refractivity contribution in [3.8, 4) is 0 Å². The summed E-state index contributed by atoms with van der Waals surface area (Å²) in [6.07, 6.45) is 7.58. The smallest absolute Gasteiger partial charge is 0.125 e. The zero-order chi connectivity index (χ0) is 23.1. The Bertz CT molecular complexity index is 1250. The molecule has 34 heavy (non-hydrogen) atoms. The van der Waals surface area contributed by atoms with E-state index in [9.17, 15) is 4.39 Å². The third kappa shape index (κ3) is 4.12. The first-order valence-corrected chi connectivity index (χ1v) is 12.7. The molecule has 0 bridgehead atoms. The van der Waals surface area contributed by atoms with Crippen molar-refractivity contribution in [3.63, 3.8) is 0 Å². The summed E-state index contributed by atoms with van der Waals surface area (Å²) in [6.45, 7) is 4.21. The van der Waals surface area contributed by atoms with Crippen molar-refractivity contribution in [1.29, 1.82) is 0 Å². The summed E-state index contributed by atoms with van der Waals surface area (Å²) >= 11 is 1.77. The molecule has 2 fully saturated rings. The van der Waals surface area contributed by atoms with Crippen molar-refractivity contribution in [2.45, 2.75) is 31.2 Å². The summed E-state index contributed by atoms with van der Waals surface area (Å²) in [5.41, 5.74) is 2.72. The van der Waals surface area contributed by atoms with Gasteiger partial charge in [0, 0.05) is 60.4 Å². The zero-order valence-corrected chi connectivity index (χ0v) is 20.0. The number of likely N-dealkylation sites (tertiary alicyclic amines) is 1. The van der Waals surface area contributed by atoms with Crippen molar-refractivity contribution in [3.05, 3.63) is 59.2 Å². The van der Waals surface area contributed by atoms with E-state index in [-0.39, 0.29) is 18.1 Å². The normalized spacial score (nSPS) is 22.0. The standard InChI is InChI=1S/C25H29FN6OS/c1-27-17-3-6-31(7-4-17)25(23-12-21-24(34-23)13-28-15-30-21)32-8-9-33-22(14-32)19-10-16(26)11-20-18(19)2-5-29-20/h2,5,10-13,15,17,22,25,27,29H,3-4,6-9,14H2,1H3. The van der Waals surface area contributed by atoms with E-state index in [1.165, 1.54) is 4.88 Å². The van der Waals surface area contributed by atoms with Crippen LogP contribution in [0, 0.1) is 5.82 Å². The number of H-pyrrole nitrogens is 1. The van der Waals surface area contributed by atoms with E-state index in [1.54, 1.807) is 29.8 Å². The summed E-state index contributed by atoms with van der Waals surface area (Å²) in [7, 11) is 2.05. The lowest BCUT2D eigenvalue weighted by molar-refractivity contribution is -0.0808.